The van der Waals surface area contributed by atoms with Crippen LogP contribution in [0.5, 0.6) is 5.75 Å². The Morgan fingerprint density at radius 1 is 1.00 bits per heavy atom. The highest BCUT2D eigenvalue weighted by molar-refractivity contribution is 5.76. The summed E-state index contributed by atoms with van der Waals surface area (Å²) in [6, 6.07) is 0. The summed E-state index contributed by atoms with van der Waals surface area (Å²) < 4.78 is 67.9. The van der Waals surface area contributed by atoms with Crippen molar-refractivity contribution >= 4 is 5.91 Å². The smallest absolute Gasteiger partial charge is 0.271 e. The van der Waals surface area contributed by atoms with E-state index in [2.05, 4.69) is 10.6 Å². The molecule has 0 aromatic heterocycles. The van der Waals surface area contributed by atoms with E-state index in [0.29, 0.717) is 0 Å². The van der Waals surface area contributed by atoms with Crippen molar-refractivity contribution in [2.45, 2.75) is 0 Å². The fraction of sp³-hybridized carbons (Fsp3) is 0.125. The molecule has 1 rings (SSSR count). The first-order valence-electron chi connectivity index (χ1n) is 4.03. The quantitative estimate of drug-likeness (QED) is 0.209. The number of carbonyl (C=O) groups is 1. The van der Waals surface area contributed by atoms with Gasteiger partial charge in [-0.05, 0) is 0 Å². The van der Waals surface area contributed by atoms with Crippen LogP contribution in [-0.2, 0) is 4.79 Å². The van der Waals surface area contributed by atoms with E-state index < -0.39 is 47.3 Å². The minimum absolute atomic E-state index is 0.991. The highest BCUT2D eigenvalue weighted by Crippen LogP contribution is 2.28. The molecule has 0 heterocycles. The molecule has 3 N–H and O–H groups in total. The second-order valence-corrected chi connectivity index (χ2v) is 2.76. The Hall–Kier alpha value is -1.90. The topological polar surface area (TPSA) is 64.3 Å². The Bertz CT molecular complexity index is 437. The van der Waals surface area contributed by atoms with E-state index in [1.807, 2.05) is 0 Å². The SMILES string of the molecule is NNC(=O)COc1c(F)c(F)c(F)c(F)c1F. The third-order valence-corrected chi connectivity index (χ3v) is 1.68. The van der Waals surface area contributed by atoms with Crippen molar-refractivity contribution in [1.82, 2.24) is 5.43 Å². The summed E-state index contributed by atoms with van der Waals surface area (Å²) in [5.41, 5.74) is 1.54. The first-order valence-corrected chi connectivity index (χ1v) is 4.03. The number of carbonyl (C=O) groups excluding carboxylic acids is 1. The van der Waals surface area contributed by atoms with E-state index in [-0.39, 0.29) is 0 Å². The van der Waals surface area contributed by atoms with Gasteiger partial charge in [-0.15, -0.1) is 0 Å². The Kier molecular flexibility index (Phi) is 3.84. The minimum Gasteiger partial charge on any atom is -0.477 e. The van der Waals surface area contributed by atoms with Crippen LogP contribution in [-0.4, -0.2) is 12.5 Å². The molecule has 0 radical (unpaired) electrons. The van der Waals surface area contributed by atoms with Gasteiger partial charge in [0.2, 0.25) is 29.1 Å². The molecular weight excluding hydrogens is 251 g/mol. The van der Waals surface area contributed by atoms with Crippen LogP contribution in [0.15, 0.2) is 0 Å². The third-order valence-electron chi connectivity index (χ3n) is 1.68. The molecule has 0 atom stereocenters. The average molecular weight is 256 g/mol. The number of nitrogens with two attached hydrogens (primary N) is 1. The summed E-state index contributed by atoms with van der Waals surface area (Å²) in [6.07, 6.45) is 0. The van der Waals surface area contributed by atoms with Gasteiger partial charge in [0.15, 0.2) is 12.4 Å². The molecule has 1 amide bonds. The van der Waals surface area contributed by atoms with Crippen molar-refractivity contribution in [1.29, 1.82) is 0 Å². The molecule has 1 aromatic rings. The lowest BCUT2D eigenvalue weighted by molar-refractivity contribution is -0.123. The molecule has 4 nitrogen and oxygen atoms in total. The van der Waals surface area contributed by atoms with E-state index in [4.69, 9.17) is 0 Å². The molecule has 9 heteroatoms. The van der Waals surface area contributed by atoms with Gasteiger partial charge in [-0.2, -0.15) is 8.78 Å². The fourth-order valence-electron chi connectivity index (χ4n) is 0.891. The minimum atomic E-state index is -2.31. The Morgan fingerprint density at radius 2 is 1.41 bits per heavy atom. The third kappa shape index (κ3) is 2.44. The van der Waals surface area contributed by atoms with Gasteiger partial charge >= 0.3 is 0 Å². The lowest BCUT2D eigenvalue weighted by Gasteiger charge is -2.09. The molecule has 0 saturated carbocycles. The van der Waals surface area contributed by atoms with E-state index in [9.17, 15) is 26.7 Å². The van der Waals surface area contributed by atoms with Crippen LogP contribution in [0.3, 0.4) is 0 Å². The molecule has 0 fully saturated rings. The molecule has 94 valence electrons. The number of benzene rings is 1. The summed E-state index contributed by atoms with van der Waals surface area (Å²) in [4.78, 5) is 10.6. The van der Waals surface area contributed by atoms with Crippen LogP contribution < -0.4 is 16.0 Å². The number of halogens is 5. The van der Waals surface area contributed by atoms with E-state index in [1.54, 1.807) is 5.43 Å². The van der Waals surface area contributed by atoms with Crippen molar-refractivity contribution in [2.24, 2.45) is 5.84 Å². The van der Waals surface area contributed by atoms with Gasteiger partial charge < -0.3 is 4.74 Å². The molecule has 0 aliphatic carbocycles. The van der Waals surface area contributed by atoms with Crippen LogP contribution >= 0.6 is 0 Å². The molecule has 0 aliphatic heterocycles. The number of rotatable bonds is 3. The molecule has 17 heavy (non-hydrogen) atoms. The molecular formula is C8H5F5N2O2. The average Bonchev–Trinajstić information content (AvgIpc) is 2.33. The summed E-state index contributed by atoms with van der Waals surface area (Å²) in [5.74, 6) is -8.87. The maximum Gasteiger partial charge on any atom is 0.271 e. The van der Waals surface area contributed by atoms with Crippen LogP contribution in [0, 0.1) is 29.1 Å². The van der Waals surface area contributed by atoms with E-state index in [0.717, 1.165) is 0 Å². The summed E-state index contributed by atoms with van der Waals surface area (Å²) in [7, 11) is 0. The van der Waals surface area contributed by atoms with E-state index >= 15 is 0 Å². The van der Waals surface area contributed by atoms with Crippen molar-refractivity contribution in [3.8, 4) is 5.75 Å². The number of hydrogen-bond acceptors (Lipinski definition) is 3. The first-order chi connectivity index (χ1) is 7.90. The lowest BCUT2D eigenvalue weighted by atomic mass is 10.2. The number of nitrogens with one attached hydrogen (secondary N) is 1. The van der Waals surface area contributed by atoms with Crippen LogP contribution in [0.1, 0.15) is 0 Å². The van der Waals surface area contributed by atoms with Gasteiger partial charge in [0.25, 0.3) is 5.91 Å². The van der Waals surface area contributed by atoms with Gasteiger partial charge in [-0.25, -0.2) is 19.0 Å². The maximum atomic E-state index is 12.9. The summed E-state index contributed by atoms with van der Waals surface area (Å²) >= 11 is 0. The normalized spacial score (nSPS) is 10.2. The maximum absolute atomic E-state index is 12.9. The lowest BCUT2D eigenvalue weighted by Crippen LogP contribution is -2.34. The Labute approximate surface area is 91.1 Å². The standard InChI is InChI=1S/C8H5F5N2O2/c9-3-4(10)6(12)8(7(13)5(3)11)17-1-2(16)15-14/h1,14H2,(H,15,16). The Morgan fingerprint density at radius 3 is 1.82 bits per heavy atom. The number of hydrogen-bond donors (Lipinski definition) is 2. The van der Waals surface area contributed by atoms with E-state index in [1.165, 1.54) is 0 Å². The monoisotopic (exact) mass is 256 g/mol. The summed E-state index contributed by atoms with van der Waals surface area (Å²) in [6.45, 7) is -0.991. The molecule has 0 bridgehead atoms. The van der Waals surface area contributed by atoms with Crippen LogP contribution in [0.4, 0.5) is 22.0 Å². The van der Waals surface area contributed by atoms with Crippen molar-refractivity contribution in [3.63, 3.8) is 0 Å². The second-order valence-electron chi connectivity index (χ2n) is 2.76. The Balaban J connectivity index is 3.12. The largest absolute Gasteiger partial charge is 0.477 e. The van der Waals surface area contributed by atoms with Gasteiger partial charge in [0.1, 0.15) is 0 Å². The molecule has 0 saturated heterocycles. The van der Waals surface area contributed by atoms with Gasteiger partial charge in [0, 0.05) is 0 Å². The highest BCUT2D eigenvalue weighted by Gasteiger charge is 2.27. The predicted octanol–water partition coefficient (Wildman–Crippen LogP) is 0.751. The first kappa shape index (κ1) is 13.2. The predicted molar refractivity (Wildman–Crippen MR) is 44.1 cm³/mol. The van der Waals surface area contributed by atoms with Gasteiger partial charge in [-0.1, -0.05) is 0 Å². The van der Waals surface area contributed by atoms with Crippen molar-refractivity contribution in [3.05, 3.63) is 29.1 Å². The van der Waals surface area contributed by atoms with Crippen molar-refractivity contribution < 1.29 is 31.5 Å². The molecule has 0 aliphatic rings. The van der Waals surface area contributed by atoms with Gasteiger partial charge in [-0.3, -0.25) is 10.2 Å². The number of hydrazine groups is 1. The highest BCUT2D eigenvalue weighted by atomic mass is 19.2. The summed E-state index contributed by atoms with van der Waals surface area (Å²) in [5, 5.41) is 0. The number of amides is 1. The number of ether oxygens (including phenoxy) is 1. The molecule has 1 aromatic carbocycles. The second kappa shape index (κ2) is 4.95. The van der Waals surface area contributed by atoms with Gasteiger partial charge in [0.05, 0.1) is 0 Å². The zero-order chi connectivity index (χ0) is 13.2. The molecule has 0 spiro atoms. The molecule has 0 unspecified atom stereocenters. The zero-order valence-corrected chi connectivity index (χ0v) is 7.99. The van der Waals surface area contributed by atoms with Crippen LogP contribution in [0.2, 0.25) is 0 Å². The zero-order valence-electron chi connectivity index (χ0n) is 7.99. The van der Waals surface area contributed by atoms with Crippen molar-refractivity contribution in [2.75, 3.05) is 6.61 Å². The fourth-order valence-corrected chi connectivity index (χ4v) is 0.891. The van der Waals surface area contributed by atoms with Crippen LogP contribution in [0.25, 0.3) is 0 Å².